The van der Waals surface area contributed by atoms with E-state index < -0.39 is 35.7 Å². The van der Waals surface area contributed by atoms with E-state index in [1.54, 1.807) is 13.0 Å². The number of hydrogen-bond donors (Lipinski definition) is 2. The topological polar surface area (TPSA) is 120 Å². The van der Waals surface area contributed by atoms with E-state index in [2.05, 4.69) is 21.9 Å². The number of amides is 1. The molecule has 3 aromatic rings. The lowest BCUT2D eigenvalue weighted by Gasteiger charge is -2.23. The van der Waals surface area contributed by atoms with Gasteiger partial charge in [0.05, 0.1) is 18.2 Å². The molecular formula is C29H28F3N5O4. The van der Waals surface area contributed by atoms with E-state index in [9.17, 15) is 22.8 Å². The molecule has 1 saturated carbocycles. The Morgan fingerprint density at radius 2 is 2.00 bits per heavy atom. The zero-order valence-corrected chi connectivity index (χ0v) is 22.2. The average molecular weight is 568 g/mol. The molecular weight excluding hydrogens is 539 g/mol. The second-order valence-electron chi connectivity index (χ2n) is 10.0. The van der Waals surface area contributed by atoms with Crippen LogP contribution in [-0.2, 0) is 9.63 Å². The largest absolute Gasteiger partial charge is 0.486 e. The molecule has 2 atom stereocenters. The van der Waals surface area contributed by atoms with Gasteiger partial charge in [-0.3, -0.25) is 4.79 Å². The fourth-order valence-corrected chi connectivity index (χ4v) is 4.78. The molecule has 3 N–H and O–H groups in total. The number of carbonyl (C=O) groups is 2. The van der Waals surface area contributed by atoms with Gasteiger partial charge in [-0.1, -0.05) is 12.6 Å². The number of hydroxylamine groups is 2. The first-order valence-corrected chi connectivity index (χ1v) is 13.0. The van der Waals surface area contributed by atoms with Gasteiger partial charge < -0.3 is 20.6 Å². The monoisotopic (exact) mass is 567 g/mol. The highest BCUT2D eigenvalue weighted by atomic mass is 19.1. The Labute approximate surface area is 234 Å². The molecule has 1 aliphatic heterocycles. The molecule has 0 bridgehead atoms. The highest BCUT2D eigenvalue weighted by Crippen LogP contribution is 2.41. The average Bonchev–Trinajstić information content (AvgIpc) is 3.73. The third-order valence-corrected chi connectivity index (χ3v) is 7.10. The van der Waals surface area contributed by atoms with Gasteiger partial charge in [0.15, 0.2) is 11.6 Å². The van der Waals surface area contributed by atoms with Crippen LogP contribution in [0.4, 0.5) is 24.7 Å². The van der Waals surface area contributed by atoms with Crippen molar-refractivity contribution >= 4 is 23.4 Å². The molecule has 12 heteroatoms. The minimum absolute atomic E-state index is 0.00232. The van der Waals surface area contributed by atoms with Gasteiger partial charge in [-0.05, 0) is 61.1 Å². The summed E-state index contributed by atoms with van der Waals surface area (Å²) in [6, 6.07) is 6.16. The number of nitrogens with zero attached hydrogens (tertiary/aromatic N) is 3. The molecule has 1 aromatic heterocycles. The van der Waals surface area contributed by atoms with Gasteiger partial charge in [0.1, 0.15) is 36.4 Å². The highest BCUT2D eigenvalue weighted by Gasteiger charge is 2.36. The number of ether oxygens (including phenoxy) is 1. The first kappa shape index (κ1) is 28.1. The number of hydrogen-bond acceptors (Lipinski definition) is 8. The molecule has 41 heavy (non-hydrogen) atoms. The van der Waals surface area contributed by atoms with Crippen molar-refractivity contribution in [2.75, 3.05) is 24.2 Å². The highest BCUT2D eigenvalue weighted by molar-refractivity contribution is 6.05. The Balaban J connectivity index is 1.40. The van der Waals surface area contributed by atoms with Crippen LogP contribution in [0.2, 0.25) is 0 Å². The molecule has 0 spiro atoms. The van der Waals surface area contributed by atoms with Crippen molar-refractivity contribution in [3.05, 3.63) is 77.6 Å². The van der Waals surface area contributed by atoms with Crippen LogP contribution >= 0.6 is 0 Å². The number of nitrogens with one attached hydrogen (secondary N) is 1. The van der Waals surface area contributed by atoms with Crippen LogP contribution in [0.15, 0.2) is 49.3 Å². The summed E-state index contributed by atoms with van der Waals surface area (Å²) in [4.78, 5) is 37.9. The summed E-state index contributed by atoms with van der Waals surface area (Å²) in [6.45, 7) is 4.67. The van der Waals surface area contributed by atoms with Gasteiger partial charge in [0, 0.05) is 23.7 Å². The van der Waals surface area contributed by atoms with E-state index in [0.717, 1.165) is 30.5 Å². The van der Waals surface area contributed by atoms with Gasteiger partial charge in [0.2, 0.25) is 0 Å². The molecule has 0 unspecified atom stereocenters. The van der Waals surface area contributed by atoms with Gasteiger partial charge >= 0.3 is 5.97 Å². The Morgan fingerprint density at radius 1 is 1.22 bits per heavy atom. The maximum Gasteiger partial charge on any atom is 0.349 e. The summed E-state index contributed by atoms with van der Waals surface area (Å²) < 4.78 is 49.6. The SMILES string of the molecule is C=CC(=O)ON1C[C@H](F)C[C@H]1COc1c(N)ncnc1-c1cc(F)cc(NC(=O)c2ccc(C3CC3)cc2F)c1C. The van der Waals surface area contributed by atoms with Crippen LogP contribution in [-0.4, -0.2) is 52.3 Å². The van der Waals surface area contributed by atoms with Crippen LogP contribution in [0.5, 0.6) is 5.75 Å². The zero-order chi connectivity index (χ0) is 29.3. The fourth-order valence-electron chi connectivity index (χ4n) is 4.78. The third-order valence-electron chi connectivity index (χ3n) is 7.10. The molecule has 2 aliphatic rings. The zero-order valence-electron chi connectivity index (χ0n) is 22.2. The summed E-state index contributed by atoms with van der Waals surface area (Å²) in [5, 5.41) is 3.76. The number of rotatable bonds is 9. The summed E-state index contributed by atoms with van der Waals surface area (Å²) in [5.74, 6) is -2.58. The number of nitrogens with two attached hydrogens (primary N) is 1. The molecule has 214 valence electrons. The number of halogens is 3. The van der Waals surface area contributed by atoms with E-state index in [4.69, 9.17) is 15.3 Å². The van der Waals surface area contributed by atoms with Crippen molar-refractivity contribution < 1.29 is 32.3 Å². The minimum atomic E-state index is -1.25. The third kappa shape index (κ3) is 6.17. The number of aromatic nitrogens is 2. The van der Waals surface area contributed by atoms with Gasteiger partial charge in [-0.25, -0.2) is 27.9 Å². The quantitative estimate of drug-likeness (QED) is 0.351. The Morgan fingerprint density at radius 3 is 2.71 bits per heavy atom. The molecule has 1 saturated heterocycles. The number of benzene rings is 2. The van der Waals surface area contributed by atoms with E-state index in [0.29, 0.717) is 11.5 Å². The van der Waals surface area contributed by atoms with Gasteiger partial charge in [-0.2, -0.15) is 0 Å². The summed E-state index contributed by atoms with van der Waals surface area (Å²) in [5.41, 5.74) is 7.61. The molecule has 1 aliphatic carbocycles. The summed E-state index contributed by atoms with van der Waals surface area (Å²) in [6.07, 6.45) is 2.89. The molecule has 2 fully saturated rings. The Kier molecular flexibility index (Phi) is 7.93. The lowest BCUT2D eigenvalue weighted by atomic mass is 10.0. The van der Waals surface area contributed by atoms with Crippen LogP contribution in [0, 0.1) is 18.6 Å². The Bertz CT molecular complexity index is 1510. The second kappa shape index (κ2) is 11.6. The van der Waals surface area contributed by atoms with Crippen LogP contribution in [0.25, 0.3) is 11.3 Å². The lowest BCUT2D eigenvalue weighted by Crippen LogP contribution is -2.36. The molecule has 0 radical (unpaired) electrons. The van der Waals surface area contributed by atoms with Crippen LogP contribution < -0.4 is 15.8 Å². The van der Waals surface area contributed by atoms with Crippen molar-refractivity contribution in [1.82, 2.24) is 15.0 Å². The first-order chi connectivity index (χ1) is 19.6. The molecule has 2 heterocycles. The van der Waals surface area contributed by atoms with E-state index >= 15 is 0 Å². The molecule has 9 nitrogen and oxygen atoms in total. The Hall–Kier alpha value is -4.45. The molecule has 2 aromatic carbocycles. The molecule has 1 amide bonds. The van der Waals surface area contributed by atoms with Crippen molar-refractivity contribution in [2.45, 2.75) is 44.3 Å². The normalized spacial score (nSPS) is 18.6. The van der Waals surface area contributed by atoms with Crippen molar-refractivity contribution in [3.63, 3.8) is 0 Å². The standard InChI is InChI=1S/C29H28F3N5O4/c1-3-25(38)41-37-12-19(31)9-20(37)13-40-27-26(34-14-35-28(27)33)22-10-18(30)11-24(15(22)2)36-29(39)21-7-6-17(8-23(21)32)16-4-5-16/h3,6-8,10-11,14,16,19-20H,1,4-5,9,12-13H2,2H3,(H,36,39)(H2,33,34,35)/t19-,20+/m1/s1. The summed E-state index contributed by atoms with van der Waals surface area (Å²) in [7, 11) is 0. The predicted molar refractivity (Wildman–Crippen MR) is 145 cm³/mol. The number of carbonyl (C=O) groups excluding carboxylic acids is 2. The van der Waals surface area contributed by atoms with E-state index in [1.807, 2.05) is 0 Å². The fraction of sp³-hybridized carbons (Fsp3) is 0.310. The maximum absolute atomic E-state index is 14.8. The van der Waals surface area contributed by atoms with Gasteiger partial charge in [-0.15, -0.1) is 5.06 Å². The predicted octanol–water partition coefficient (Wildman–Crippen LogP) is 4.88. The van der Waals surface area contributed by atoms with E-state index in [1.165, 1.54) is 29.6 Å². The number of anilines is 2. The molecule has 5 rings (SSSR count). The number of nitrogen functional groups attached to an aromatic ring is 1. The van der Waals surface area contributed by atoms with Crippen LogP contribution in [0.3, 0.4) is 0 Å². The second-order valence-corrected chi connectivity index (χ2v) is 10.0. The summed E-state index contributed by atoms with van der Waals surface area (Å²) >= 11 is 0. The van der Waals surface area contributed by atoms with Crippen molar-refractivity contribution in [2.24, 2.45) is 0 Å². The van der Waals surface area contributed by atoms with Gasteiger partial charge in [0.25, 0.3) is 5.91 Å². The van der Waals surface area contributed by atoms with E-state index in [-0.39, 0.29) is 53.6 Å². The maximum atomic E-state index is 14.8. The van der Waals surface area contributed by atoms with Crippen molar-refractivity contribution in [1.29, 1.82) is 0 Å². The first-order valence-electron chi connectivity index (χ1n) is 13.0. The number of alkyl halides is 1. The lowest BCUT2D eigenvalue weighted by molar-refractivity contribution is -0.190. The van der Waals surface area contributed by atoms with Crippen molar-refractivity contribution in [3.8, 4) is 17.0 Å². The van der Waals surface area contributed by atoms with Crippen LogP contribution in [0.1, 0.15) is 46.7 Å². The smallest absolute Gasteiger partial charge is 0.349 e. The minimum Gasteiger partial charge on any atom is -0.486 e.